The Balaban J connectivity index is 1.96. The number of furan rings is 1. The largest absolute Gasteiger partial charge is 0.468 e. The minimum Gasteiger partial charge on any atom is -0.468 e. The maximum atomic E-state index is 12.2. The predicted octanol–water partition coefficient (Wildman–Crippen LogP) is 0.939. The average molecular weight is 363 g/mol. The zero-order valence-corrected chi connectivity index (χ0v) is 14.2. The Morgan fingerprint density at radius 2 is 1.84 bits per heavy atom. The van der Waals surface area contributed by atoms with Crippen molar-refractivity contribution in [2.24, 2.45) is 0 Å². The molecule has 0 fully saturated rings. The van der Waals surface area contributed by atoms with E-state index >= 15 is 0 Å². The van der Waals surface area contributed by atoms with Crippen LogP contribution in [0, 0.1) is 0 Å². The first kappa shape index (κ1) is 18.4. The lowest BCUT2D eigenvalue weighted by molar-refractivity contribution is -0.125. The summed E-state index contributed by atoms with van der Waals surface area (Å²) in [4.78, 5) is 22.2. The van der Waals surface area contributed by atoms with Crippen molar-refractivity contribution < 1.29 is 22.4 Å². The van der Waals surface area contributed by atoms with Crippen LogP contribution in [0.15, 0.2) is 58.1 Å². The fourth-order valence-corrected chi connectivity index (χ4v) is 2.78. The van der Waals surface area contributed by atoms with E-state index in [-0.39, 0.29) is 11.4 Å². The van der Waals surface area contributed by atoms with Gasteiger partial charge in [0.2, 0.25) is 15.9 Å². The van der Waals surface area contributed by atoms with Crippen LogP contribution < -0.4 is 15.6 Å². The van der Waals surface area contributed by atoms with Crippen LogP contribution in [-0.2, 0) is 26.2 Å². The van der Waals surface area contributed by atoms with Crippen molar-refractivity contribution in [3.8, 4) is 0 Å². The molecule has 0 saturated heterocycles. The topological polar surface area (TPSA) is 118 Å². The Morgan fingerprint density at radius 3 is 2.44 bits per heavy atom. The monoisotopic (exact) mass is 363 g/mol. The van der Waals surface area contributed by atoms with Crippen molar-refractivity contribution in [1.82, 2.24) is 15.6 Å². The number of hydrogen-bond donors (Lipinski definition) is 3. The molecule has 0 aliphatic rings. The molecule has 2 rings (SSSR count). The second-order valence-corrected chi connectivity index (χ2v) is 6.74. The molecule has 0 spiro atoms. The molecule has 1 aromatic carbocycles. The van der Waals surface area contributed by atoms with Gasteiger partial charge in [-0.1, -0.05) is 12.1 Å². The SMILES string of the molecule is CC(=O)NNC(=O)/C=C/c1ccc(S(=O)(=O)NCc2ccco2)cc1. The second-order valence-electron chi connectivity index (χ2n) is 4.98. The number of rotatable bonds is 6. The van der Waals surface area contributed by atoms with E-state index in [4.69, 9.17) is 4.42 Å². The number of hydrogen-bond acceptors (Lipinski definition) is 5. The number of carbonyl (C=O) groups is 2. The minimum atomic E-state index is -3.66. The maximum Gasteiger partial charge on any atom is 0.262 e. The highest BCUT2D eigenvalue weighted by molar-refractivity contribution is 7.89. The van der Waals surface area contributed by atoms with Gasteiger partial charge >= 0.3 is 0 Å². The zero-order valence-electron chi connectivity index (χ0n) is 13.4. The third-order valence-electron chi connectivity index (χ3n) is 3.00. The Hall–Kier alpha value is -2.91. The van der Waals surface area contributed by atoms with Crippen LogP contribution in [0.3, 0.4) is 0 Å². The van der Waals surface area contributed by atoms with Crippen molar-refractivity contribution in [2.45, 2.75) is 18.4 Å². The fraction of sp³-hybridized carbons (Fsp3) is 0.125. The summed E-state index contributed by atoms with van der Waals surface area (Å²) in [5.74, 6) is -0.390. The summed E-state index contributed by atoms with van der Waals surface area (Å²) in [5.41, 5.74) is 4.96. The van der Waals surface area contributed by atoms with Gasteiger partial charge in [0.25, 0.3) is 5.91 Å². The Bertz CT molecular complexity index is 856. The molecular weight excluding hydrogens is 346 g/mol. The summed E-state index contributed by atoms with van der Waals surface area (Å²) >= 11 is 0. The summed E-state index contributed by atoms with van der Waals surface area (Å²) in [6.45, 7) is 1.32. The molecule has 0 radical (unpaired) electrons. The molecule has 0 atom stereocenters. The second kappa shape index (κ2) is 8.27. The van der Waals surface area contributed by atoms with Crippen LogP contribution in [0.1, 0.15) is 18.2 Å². The van der Waals surface area contributed by atoms with E-state index in [1.807, 2.05) is 0 Å². The molecular formula is C16H17N3O5S. The van der Waals surface area contributed by atoms with Crippen LogP contribution in [-0.4, -0.2) is 20.2 Å². The Kier molecular flexibility index (Phi) is 6.09. The predicted molar refractivity (Wildman–Crippen MR) is 90.2 cm³/mol. The third kappa shape index (κ3) is 5.90. The highest BCUT2D eigenvalue weighted by atomic mass is 32.2. The standard InChI is InChI=1S/C16H17N3O5S/c1-12(20)18-19-16(21)9-6-13-4-7-15(8-5-13)25(22,23)17-11-14-3-2-10-24-14/h2-10,17H,11H2,1H3,(H,18,20)(H,19,21)/b9-6+. The summed E-state index contributed by atoms with van der Waals surface area (Å²) in [6.07, 6.45) is 4.17. The first-order valence-corrected chi connectivity index (χ1v) is 8.72. The first-order valence-electron chi connectivity index (χ1n) is 7.23. The van der Waals surface area contributed by atoms with Gasteiger partial charge in [-0.25, -0.2) is 13.1 Å². The van der Waals surface area contributed by atoms with Crippen molar-refractivity contribution in [3.63, 3.8) is 0 Å². The molecule has 0 saturated carbocycles. The molecule has 0 unspecified atom stereocenters. The summed E-state index contributed by atoms with van der Waals surface area (Å²) < 4.78 is 31.9. The van der Waals surface area contributed by atoms with Gasteiger partial charge in [-0.2, -0.15) is 0 Å². The molecule has 0 aliphatic heterocycles. The molecule has 8 nitrogen and oxygen atoms in total. The molecule has 2 aromatic rings. The highest BCUT2D eigenvalue weighted by Crippen LogP contribution is 2.12. The minimum absolute atomic E-state index is 0.0559. The first-order chi connectivity index (χ1) is 11.9. The van der Waals surface area contributed by atoms with Gasteiger partial charge in [0.05, 0.1) is 17.7 Å². The van der Waals surface area contributed by atoms with E-state index < -0.39 is 21.8 Å². The van der Waals surface area contributed by atoms with Crippen LogP contribution >= 0.6 is 0 Å². The van der Waals surface area contributed by atoms with Gasteiger partial charge in [0, 0.05) is 13.0 Å². The lowest BCUT2D eigenvalue weighted by atomic mass is 10.2. The van der Waals surface area contributed by atoms with E-state index in [0.29, 0.717) is 11.3 Å². The van der Waals surface area contributed by atoms with Crippen molar-refractivity contribution in [3.05, 3.63) is 60.1 Å². The van der Waals surface area contributed by atoms with Gasteiger partial charge in [0.1, 0.15) is 5.76 Å². The van der Waals surface area contributed by atoms with Crippen molar-refractivity contribution >= 4 is 27.9 Å². The summed E-state index contributed by atoms with van der Waals surface area (Å²) in [6, 6.07) is 9.31. The molecule has 132 valence electrons. The van der Waals surface area contributed by atoms with Crippen LogP contribution in [0.4, 0.5) is 0 Å². The van der Waals surface area contributed by atoms with E-state index in [1.165, 1.54) is 37.5 Å². The number of amides is 2. The van der Waals surface area contributed by atoms with E-state index in [0.717, 1.165) is 0 Å². The normalized spacial score (nSPS) is 11.4. The Morgan fingerprint density at radius 1 is 1.12 bits per heavy atom. The van der Waals surface area contributed by atoms with Gasteiger partial charge in [-0.3, -0.25) is 20.4 Å². The highest BCUT2D eigenvalue weighted by Gasteiger charge is 2.13. The Labute approximate surface area is 144 Å². The zero-order chi connectivity index (χ0) is 18.3. The van der Waals surface area contributed by atoms with Gasteiger partial charge in [-0.05, 0) is 35.9 Å². The van der Waals surface area contributed by atoms with Crippen LogP contribution in [0.5, 0.6) is 0 Å². The maximum absolute atomic E-state index is 12.2. The van der Waals surface area contributed by atoms with Crippen molar-refractivity contribution in [2.75, 3.05) is 0 Å². The average Bonchev–Trinajstić information content (AvgIpc) is 3.10. The van der Waals surface area contributed by atoms with Crippen LogP contribution in [0.2, 0.25) is 0 Å². The van der Waals surface area contributed by atoms with E-state index in [2.05, 4.69) is 15.6 Å². The summed E-state index contributed by atoms with van der Waals surface area (Å²) in [7, 11) is -3.66. The van der Waals surface area contributed by atoms with Gasteiger partial charge in [-0.15, -0.1) is 0 Å². The number of carbonyl (C=O) groups excluding carboxylic acids is 2. The van der Waals surface area contributed by atoms with Gasteiger partial charge in [0.15, 0.2) is 0 Å². The van der Waals surface area contributed by atoms with E-state index in [1.54, 1.807) is 24.3 Å². The molecule has 2 amide bonds. The molecule has 25 heavy (non-hydrogen) atoms. The van der Waals surface area contributed by atoms with E-state index in [9.17, 15) is 18.0 Å². The van der Waals surface area contributed by atoms with Gasteiger partial charge < -0.3 is 4.42 Å². The number of hydrazine groups is 1. The van der Waals surface area contributed by atoms with Crippen LogP contribution in [0.25, 0.3) is 6.08 Å². The quantitative estimate of drug-likeness (QED) is 0.521. The number of benzene rings is 1. The smallest absolute Gasteiger partial charge is 0.262 e. The molecule has 0 bridgehead atoms. The number of nitrogens with one attached hydrogen (secondary N) is 3. The molecule has 9 heteroatoms. The molecule has 1 aromatic heterocycles. The lowest BCUT2D eigenvalue weighted by Gasteiger charge is -2.05. The molecule has 0 aliphatic carbocycles. The fourth-order valence-electron chi connectivity index (χ4n) is 1.78. The number of sulfonamides is 1. The molecule has 1 heterocycles. The molecule has 3 N–H and O–H groups in total. The third-order valence-corrected chi connectivity index (χ3v) is 4.41. The summed E-state index contributed by atoms with van der Waals surface area (Å²) in [5, 5.41) is 0. The van der Waals surface area contributed by atoms with Crippen molar-refractivity contribution in [1.29, 1.82) is 0 Å². The lowest BCUT2D eigenvalue weighted by Crippen LogP contribution is -2.39.